The highest BCUT2D eigenvalue weighted by atomic mass is 35.5. The number of hydrogen-bond donors (Lipinski definition) is 1. The fourth-order valence-electron chi connectivity index (χ4n) is 5.84. The molecular formula is C21H27ClN2O5S. The average molecular weight is 455 g/mol. The van der Waals surface area contributed by atoms with E-state index in [2.05, 4.69) is 5.32 Å². The lowest BCUT2D eigenvalue weighted by Crippen LogP contribution is -2.60. The number of carbonyl (C=O) groups is 2. The molecule has 4 aliphatic rings. The summed E-state index contributed by atoms with van der Waals surface area (Å²) in [6.07, 6.45) is 6.84. The fourth-order valence-corrected chi connectivity index (χ4v) is 6.96. The lowest BCUT2D eigenvalue weighted by atomic mass is 9.53. The summed E-state index contributed by atoms with van der Waals surface area (Å²) in [5.74, 6) is 0.938. The monoisotopic (exact) mass is 454 g/mol. The van der Waals surface area contributed by atoms with Gasteiger partial charge in [-0.05, 0) is 74.5 Å². The summed E-state index contributed by atoms with van der Waals surface area (Å²) < 4.78 is 30.8. The lowest BCUT2D eigenvalue weighted by molar-refractivity contribution is -0.130. The van der Waals surface area contributed by atoms with E-state index in [-0.39, 0.29) is 26.9 Å². The van der Waals surface area contributed by atoms with Crippen LogP contribution in [0, 0.1) is 17.8 Å². The van der Waals surface area contributed by atoms with Gasteiger partial charge in [-0.3, -0.25) is 4.79 Å². The van der Waals surface area contributed by atoms with Crippen LogP contribution in [0.25, 0.3) is 0 Å². The predicted molar refractivity (Wildman–Crippen MR) is 112 cm³/mol. The third-order valence-electron chi connectivity index (χ3n) is 6.71. The Morgan fingerprint density at radius 2 is 1.70 bits per heavy atom. The summed E-state index contributed by atoms with van der Waals surface area (Å²) in [6.45, 7) is -0.415. The van der Waals surface area contributed by atoms with Crippen LogP contribution >= 0.6 is 11.6 Å². The first-order valence-corrected chi connectivity index (χ1v) is 12.1. The van der Waals surface area contributed by atoms with Gasteiger partial charge in [0, 0.05) is 19.6 Å². The van der Waals surface area contributed by atoms with E-state index < -0.39 is 22.6 Å². The zero-order valence-electron chi connectivity index (χ0n) is 17.2. The van der Waals surface area contributed by atoms with Gasteiger partial charge in [-0.2, -0.15) is 0 Å². The zero-order chi connectivity index (χ0) is 21.7. The van der Waals surface area contributed by atoms with E-state index >= 15 is 0 Å². The molecule has 4 fully saturated rings. The summed E-state index contributed by atoms with van der Waals surface area (Å²) in [4.78, 5) is 25.0. The van der Waals surface area contributed by atoms with Crippen molar-refractivity contribution in [2.24, 2.45) is 17.8 Å². The van der Waals surface area contributed by atoms with Gasteiger partial charge >= 0.3 is 5.97 Å². The molecular weight excluding hydrogens is 428 g/mol. The summed E-state index contributed by atoms with van der Waals surface area (Å²) in [6, 6.07) is 3.84. The van der Waals surface area contributed by atoms with Crippen LogP contribution in [0.15, 0.2) is 23.1 Å². The van der Waals surface area contributed by atoms with Crippen LogP contribution in [0.4, 0.5) is 0 Å². The minimum absolute atomic E-state index is 0.0677. The van der Waals surface area contributed by atoms with Gasteiger partial charge in [-0.25, -0.2) is 17.5 Å². The van der Waals surface area contributed by atoms with E-state index in [4.69, 9.17) is 16.3 Å². The maximum absolute atomic E-state index is 12.5. The molecule has 4 saturated carbocycles. The van der Waals surface area contributed by atoms with Gasteiger partial charge in [-0.15, -0.1) is 0 Å². The molecule has 0 spiro atoms. The number of sulfonamides is 1. The summed E-state index contributed by atoms with van der Waals surface area (Å²) in [5.41, 5.74) is -0.238. The van der Waals surface area contributed by atoms with Crippen molar-refractivity contribution >= 4 is 33.5 Å². The Bertz CT molecular complexity index is 940. The number of ether oxygens (including phenoxy) is 1. The molecule has 4 bridgehead atoms. The molecule has 5 rings (SSSR count). The predicted octanol–water partition coefficient (Wildman–Crippen LogP) is 2.83. The normalized spacial score (nSPS) is 29.8. The van der Waals surface area contributed by atoms with Crippen molar-refractivity contribution in [3.63, 3.8) is 0 Å². The van der Waals surface area contributed by atoms with E-state index in [0.29, 0.717) is 17.8 Å². The summed E-state index contributed by atoms with van der Waals surface area (Å²) in [7, 11) is -0.925. The quantitative estimate of drug-likeness (QED) is 0.667. The van der Waals surface area contributed by atoms with Crippen LogP contribution in [0.2, 0.25) is 5.02 Å². The fraction of sp³-hybridized carbons (Fsp3) is 0.619. The molecule has 0 atom stereocenters. The van der Waals surface area contributed by atoms with Crippen molar-refractivity contribution in [1.29, 1.82) is 0 Å². The number of rotatable bonds is 6. The minimum atomic E-state index is -3.72. The first-order chi connectivity index (χ1) is 14.1. The summed E-state index contributed by atoms with van der Waals surface area (Å²) >= 11 is 6.07. The molecule has 1 N–H and O–H groups in total. The van der Waals surface area contributed by atoms with Crippen molar-refractivity contribution in [3.05, 3.63) is 28.8 Å². The van der Waals surface area contributed by atoms with Crippen LogP contribution in [-0.2, 0) is 19.6 Å². The minimum Gasteiger partial charge on any atom is -0.452 e. The van der Waals surface area contributed by atoms with E-state index in [1.165, 1.54) is 51.6 Å². The third kappa shape index (κ3) is 4.09. The molecule has 1 aromatic carbocycles. The largest absolute Gasteiger partial charge is 0.452 e. The number of esters is 1. The topological polar surface area (TPSA) is 92.8 Å². The zero-order valence-corrected chi connectivity index (χ0v) is 18.8. The number of carbonyl (C=O) groups excluding carboxylic acids is 2. The average Bonchev–Trinajstić information content (AvgIpc) is 2.64. The lowest BCUT2D eigenvalue weighted by Gasteiger charge is -2.56. The number of amides is 1. The molecule has 0 saturated heterocycles. The van der Waals surface area contributed by atoms with Crippen molar-refractivity contribution in [2.45, 2.75) is 49.0 Å². The first-order valence-electron chi connectivity index (χ1n) is 10.3. The maximum Gasteiger partial charge on any atom is 0.340 e. The van der Waals surface area contributed by atoms with Crippen LogP contribution < -0.4 is 5.32 Å². The highest BCUT2D eigenvalue weighted by Crippen LogP contribution is 2.55. The number of benzene rings is 1. The second-order valence-corrected chi connectivity index (χ2v) is 11.8. The van der Waals surface area contributed by atoms with Crippen molar-refractivity contribution in [3.8, 4) is 0 Å². The van der Waals surface area contributed by atoms with Crippen LogP contribution in [-0.4, -0.2) is 50.8 Å². The van der Waals surface area contributed by atoms with Gasteiger partial charge in [0.05, 0.1) is 15.5 Å². The Morgan fingerprint density at radius 3 is 2.23 bits per heavy atom. The van der Waals surface area contributed by atoms with Gasteiger partial charge in [-0.1, -0.05) is 11.6 Å². The Hall–Kier alpha value is -1.64. The molecule has 7 nitrogen and oxygen atoms in total. The number of hydrogen-bond acceptors (Lipinski definition) is 5. The van der Waals surface area contributed by atoms with E-state index in [0.717, 1.165) is 23.6 Å². The van der Waals surface area contributed by atoms with Gasteiger partial charge in [0.2, 0.25) is 10.0 Å². The van der Waals surface area contributed by atoms with Gasteiger partial charge in [0.15, 0.2) is 6.61 Å². The SMILES string of the molecule is CN(C)S(=O)(=O)c1ccc(Cl)c(C(=O)OCC(=O)NC23CC4CC(CC(C4)C2)C3)c1. The molecule has 0 aliphatic heterocycles. The third-order valence-corrected chi connectivity index (χ3v) is 8.85. The molecule has 0 radical (unpaired) electrons. The highest BCUT2D eigenvalue weighted by molar-refractivity contribution is 7.89. The molecule has 30 heavy (non-hydrogen) atoms. The number of nitrogens with one attached hydrogen (secondary N) is 1. The summed E-state index contributed by atoms with van der Waals surface area (Å²) in [5, 5.41) is 3.21. The van der Waals surface area contributed by atoms with Gasteiger partial charge in [0.25, 0.3) is 5.91 Å². The molecule has 0 aromatic heterocycles. The Morgan fingerprint density at radius 1 is 1.13 bits per heavy atom. The van der Waals surface area contributed by atoms with Crippen molar-refractivity contribution in [1.82, 2.24) is 9.62 Å². The van der Waals surface area contributed by atoms with Gasteiger partial charge < -0.3 is 10.1 Å². The molecule has 4 aliphatic carbocycles. The Labute approximate surface area is 182 Å². The molecule has 1 amide bonds. The second kappa shape index (κ2) is 7.80. The molecule has 0 unspecified atom stereocenters. The Kier molecular flexibility index (Phi) is 5.61. The van der Waals surface area contributed by atoms with Crippen LogP contribution in [0.1, 0.15) is 48.9 Å². The highest BCUT2D eigenvalue weighted by Gasteiger charge is 2.51. The standard InChI is InChI=1S/C21H27ClN2O5S/c1-24(2)30(27,28)16-3-4-18(22)17(8-16)20(26)29-12-19(25)23-21-9-13-5-14(10-21)7-15(6-13)11-21/h3-4,8,13-15H,5-7,9-12H2,1-2H3,(H,23,25). The molecule has 1 aromatic rings. The van der Waals surface area contributed by atoms with Crippen molar-refractivity contribution in [2.75, 3.05) is 20.7 Å². The number of nitrogens with zero attached hydrogens (tertiary/aromatic N) is 1. The smallest absolute Gasteiger partial charge is 0.340 e. The molecule has 9 heteroatoms. The van der Waals surface area contributed by atoms with E-state index in [9.17, 15) is 18.0 Å². The van der Waals surface area contributed by atoms with E-state index in [1.54, 1.807) is 0 Å². The van der Waals surface area contributed by atoms with E-state index in [1.807, 2.05) is 0 Å². The Balaban J connectivity index is 1.40. The maximum atomic E-state index is 12.5. The molecule has 164 valence electrons. The first kappa shape index (κ1) is 21.6. The number of halogens is 1. The van der Waals surface area contributed by atoms with Crippen LogP contribution in [0.5, 0.6) is 0 Å². The van der Waals surface area contributed by atoms with Crippen LogP contribution in [0.3, 0.4) is 0 Å². The van der Waals surface area contributed by atoms with Gasteiger partial charge in [0.1, 0.15) is 0 Å². The molecule has 0 heterocycles. The van der Waals surface area contributed by atoms with Crippen molar-refractivity contribution < 1.29 is 22.7 Å². The second-order valence-electron chi connectivity index (χ2n) is 9.25.